The predicted molar refractivity (Wildman–Crippen MR) is 35.3 cm³/mol. The fourth-order valence-corrected chi connectivity index (χ4v) is 0.594. The van der Waals surface area contributed by atoms with E-state index in [1.807, 2.05) is 0 Å². The smallest absolute Gasteiger partial charge is 0.347 e. The molecular formula is C5H5N3O2. The summed E-state index contributed by atoms with van der Waals surface area (Å²) in [4.78, 5) is 15.6. The van der Waals surface area contributed by atoms with Crippen molar-refractivity contribution in [3.05, 3.63) is 28.7 Å². The molecule has 0 aliphatic heterocycles. The van der Waals surface area contributed by atoms with Crippen LogP contribution in [-0.2, 0) is 0 Å². The van der Waals surface area contributed by atoms with Crippen LogP contribution in [0.3, 0.4) is 0 Å². The highest BCUT2D eigenvalue weighted by atomic mass is 16.6. The molecule has 1 N–H and O–H groups in total. The zero-order valence-corrected chi connectivity index (χ0v) is 5.07. The maximum atomic E-state index is 10.1. The quantitative estimate of drug-likeness (QED) is 0.490. The monoisotopic (exact) mass is 139 g/mol. The van der Waals surface area contributed by atoms with Crippen molar-refractivity contribution in [1.29, 1.82) is 0 Å². The van der Waals surface area contributed by atoms with Gasteiger partial charge >= 0.3 is 5.82 Å². The van der Waals surface area contributed by atoms with E-state index >= 15 is 0 Å². The van der Waals surface area contributed by atoms with E-state index in [0.717, 1.165) is 0 Å². The van der Waals surface area contributed by atoms with E-state index in [1.165, 1.54) is 12.4 Å². The molecule has 0 radical (unpaired) electrons. The van der Waals surface area contributed by atoms with E-state index < -0.39 is 4.92 Å². The molecule has 1 heterocycles. The second-order valence-corrected chi connectivity index (χ2v) is 1.60. The number of hydrogen-bond acceptors (Lipinski definition) is 3. The number of nitrogens with zero attached hydrogens (tertiary/aromatic N) is 2. The molecule has 0 bridgehead atoms. The Morgan fingerprint density at radius 1 is 1.90 bits per heavy atom. The summed E-state index contributed by atoms with van der Waals surface area (Å²) in [7, 11) is 0. The van der Waals surface area contributed by atoms with E-state index in [0.29, 0.717) is 0 Å². The molecule has 0 saturated heterocycles. The lowest BCUT2D eigenvalue weighted by Crippen LogP contribution is -1.89. The fourth-order valence-electron chi connectivity index (χ4n) is 0.594. The number of nitro groups is 1. The van der Waals surface area contributed by atoms with Crippen molar-refractivity contribution in [3.8, 4) is 0 Å². The van der Waals surface area contributed by atoms with Crippen molar-refractivity contribution in [2.75, 3.05) is 0 Å². The van der Waals surface area contributed by atoms with Gasteiger partial charge < -0.3 is 10.1 Å². The summed E-state index contributed by atoms with van der Waals surface area (Å²) in [5, 5.41) is 10.1. The van der Waals surface area contributed by atoms with Crippen LogP contribution in [0.15, 0.2) is 12.9 Å². The van der Waals surface area contributed by atoms with E-state index in [-0.39, 0.29) is 11.5 Å². The average Bonchev–Trinajstić information content (AvgIpc) is 2.33. The van der Waals surface area contributed by atoms with Crippen molar-refractivity contribution in [3.63, 3.8) is 0 Å². The number of rotatable bonds is 2. The highest BCUT2D eigenvalue weighted by molar-refractivity contribution is 5.51. The molecule has 0 atom stereocenters. The molecule has 1 aromatic heterocycles. The summed E-state index contributed by atoms with van der Waals surface area (Å²) < 4.78 is 0. The van der Waals surface area contributed by atoms with Crippen LogP contribution in [0.5, 0.6) is 0 Å². The standard InChI is InChI=1S/C5H5N3O2/c1-2-4-5(8(9)10)7-3-6-4/h2-3H,1H2,(H,6,7). The number of imidazole rings is 1. The van der Waals surface area contributed by atoms with Gasteiger partial charge in [0, 0.05) is 0 Å². The van der Waals surface area contributed by atoms with Gasteiger partial charge in [0.1, 0.15) is 0 Å². The Bertz CT molecular complexity index is 266. The molecule has 1 rings (SSSR count). The van der Waals surface area contributed by atoms with Gasteiger partial charge in [-0.05, 0) is 11.0 Å². The molecule has 5 heteroatoms. The molecule has 5 nitrogen and oxygen atoms in total. The largest absolute Gasteiger partial charge is 0.358 e. The van der Waals surface area contributed by atoms with Crippen molar-refractivity contribution in [1.82, 2.24) is 9.97 Å². The van der Waals surface area contributed by atoms with E-state index in [4.69, 9.17) is 0 Å². The maximum Gasteiger partial charge on any atom is 0.347 e. The molecule has 0 saturated carbocycles. The summed E-state index contributed by atoms with van der Waals surface area (Å²) in [5.74, 6) is -0.116. The minimum absolute atomic E-state index is 0.116. The predicted octanol–water partition coefficient (Wildman–Crippen LogP) is 0.961. The van der Waals surface area contributed by atoms with Gasteiger partial charge in [0.25, 0.3) is 0 Å². The van der Waals surface area contributed by atoms with Crippen LogP contribution in [0.2, 0.25) is 0 Å². The molecule has 10 heavy (non-hydrogen) atoms. The second-order valence-electron chi connectivity index (χ2n) is 1.60. The molecular weight excluding hydrogens is 134 g/mol. The summed E-state index contributed by atoms with van der Waals surface area (Å²) in [5.41, 5.74) is 0.269. The first kappa shape index (κ1) is 6.47. The molecule has 0 spiro atoms. The van der Waals surface area contributed by atoms with Crippen LogP contribution in [-0.4, -0.2) is 14.9 Å². The van der Waals surface area contributed by atoms with Gasteiger partial charge in [-0.2, -0.15) is 0 Å². The van der Waals surface area contributed by atoms with E-state index in [2.05, 4.69) is 16.5 Å². The molecule has 52 valence electrons. The Morgan fingerprint density at radius 3 is 3.00 bits per heavy atom. The molecule has 1 aromatic rings. The van der Waals surface area contributed by atoms with E-state index in [9.17, 15) is 10.1 Å². The second kappa shape index (κ2) is 2.30. The molecule has 0 aliphatic carbocycles. The molecule has 0 unspecified atom stereocenters. The third-order valence-corrected chi connectivity index (χ3v) is 1.02. The Balaban J connectivity index is 3.13. The number of hydrogen-bond donors (Lipinski definition) is 1. The van der Waals surface area contributed by atoms with Crippen LogP contribution >= 0.6 is 0 Å². The third kappa shape index (κ3) is 0.883. The first-order chi connectivity index (χ1) is 4.75. The summed E-state index contributed by atoms with van der Waals surface area (Å²) >= 11 is 0. The minimum Gasteiger partial charge on any atom is -0.358 e. The molecule has 0 aliphatic rings. The average molecular weight is 139 g/mol. The van der Waals surface area contributed by atoms with Gasteiger partial charge in [0.05, 0.1) is 0 Å². The topological polar surface area (TPSA) is 71.8 Å². The van der Waals surface area contributed by atoms with Gasteiger partial charge in [-0.3, -0.25) is 0 Å². The van der Waals surface area contributed by atoms with Crippen LogP contribution in [0.1, 0.15) is 5.69 Å². The Morgan fingerprint density at radius 2 is 2.60 bits per heavy atom. The van der Waals surface area contributed by atoms with Crippen molar-refractivity contribution in [2.45, 2.75) is 0 Å². The normalized spacial score (nSPS) is 9.20. The summed E-state index contributed by atoms with van der Waals surface area (Å²) in [6.07, 6.45) is 2.59. The Kier molecular flexibility index (Phi) is 1.49. The van der Waals surface area contributed by atoms with Crippen molar-refractivity contribution >= 4 is 11.9 Å². The highest BCUT2D eigenvalue weighted by Gasteiger charge is 2.10. The first-order valence-corrected chi connectivity index (χ1v) is 2.56. The molecule has 0 aromatic carbocycles. The van der Waals surface area contributed by atoms with E-state index in [1.54, 1.807) is 0 Å². The maximum absolute atomic E-state index is 10.1. The number of aromatic nitrogens is 2. The zero-order valence-electron chi connectivity index (χ0n) is 5.07. The van der Waals surface area contributed by atoms with Gasteiger partial charge in [-0.15, -0.1) is 0 Å². The lowest BCUT2D eigenvalue weighted by Gasteiger charge is -1.88. The summed E-state index contributed by atoms with van der Waals surface area (Å²) in [6, 6.07) is 0. The number of aromatic amines is 1. The zero-order chi connectivity index (χ0) is 7.56. The van der Waals surface area contributed by atoms with Gasteiger partial charge in [0.2, 0.25) is 0 Å². The SMILES string of the molecule is C=Cc1nc[nH]c1[N+](=O)[O-]. The summed E-state index contributed by atoms with van der Waals surface area (Å²) in [6.45, 7) is 3.36. The van der Waals surface area contributed by atoms with Gasteiger partial charge in [-0.25, -0.2) is 9.97 Å². The Labute approximate surface area is 56.6 Å². The molecule has 0 amide bonds. The van der Waals surface area contributed by atoms with Crippen molar-refractivity contribution < 1.29 is 4.92 Å². The number of H-pyrrole nitrogens is 1. The number of nitrogens with one attached hydrogen (secondary N) is 1. The lowest BCUT2D eigenvalue weighted by atomic mass is 10.4. The molecule has 0 fully saturated rings. The lowest BCUT2D eigenvalue weighted by molar-refractivity contribution is -0.389. The third-order valence-electron chi connectivity index (χ3n) is 1.02. The highest BCUT2D eigenvalue weighted by Crippen LogP contribution is 2.12. The van der Waals surface area contributed by atoms with Crippen molar-refractivity contribution in [2.24, 2.45) is 0 Å². The van der Waals surface area contributed by atoms with Gasteiger partial charge in [-0.1, -0.05) is 6.58 Å². The first-order valence-electron chi connectivity index (χ1n) is 2.56. The minimum atomic E-state index is -0.538. The van der Waals surface area contributed by atoms with Crippen LogP contribution in [0.25, 0.3) is 6.08 Å². The van der Waals surface area contributed by atoms with Crippen LogP contribution in [0.4, 0.5) is 5.82 Å². The van der Waals surface area contributed by atoms with Crippen LogP contribution < -0.4 is 0 Å². The fraction of sp³-hybridized carbons (Fsp3) is 0. The Hall–Kier alpha value is -1.65. The van der Waals surface area contributed by atoms with Gasteiger partial charge in [0.15, 0.2) is 12.0 Å². The van der Waals surface area contributed by atoms with Crippen LogP contribution in [0, 0.1) is 10.1 Å².